The number of thiazole rings is 1. The first-order valence-corrected chi connectivity index (χ1v) is 9.96. The number of anilines is 1. The van der Waals surface area contributed by atoms with E-state index in [2.05, 4.69) is 25.3 Å². The summed E-state index contributed by atoms with van der Waals surface area (Å²) in [4.78, 5) is 17.7. The number of aliphatic hydroxyl groups excluding tert-OH is 1. The summed E-state index contributed by atoms with van der Waals surface area (Å²) in [6, 6.07) is 7.07. The standard InChI is InChI=1S/C19H18N6O3S/c1-28-19(27)21-12-4-6-13(7-5-12)25-9-14(22-23-25)17(26)16-18(11-2-3-11)29-15-8-20-10-24(15)16/h4-11,17,26H,2-3H2,1H3,(H,21,27). The predicted molar refractivity (Wildman–Crippen MR) is 106 cm³/mol. The molecule has 0 saturated heterocycles. The molecule has 0 aliphatic heterocycles. The van der Waals surface area contributed by atoms with Crippen molar-refractivity contribution in [1.82, 2.24) is 24.4 Å². The van der Waals surface area contributed by atoms with Crippen molar-refractivity contribution in [2.24, 2.45) is 0 Å². The summed E-state index contributed by atoms with van der Waals surface area (Å²) < 4.78 is 8.11. The highest BCUT2D eigenvalue weighted by Crippen LogP contribution is 2.47. The van der Waals surface area contributed by atoms with E-state index in [-0.39, 0.29) is 0 Å². The fraction of sp³-hybridized carbons (Fsp3) is 0.263. The largest absolute Gasteiger partial charge is 0.453 e. The molecular formula is C19H18N6O3S. The van der Waals surface area contributed by atoms with Crippen LogP contribution in [0.4, 0.5) is 10.5 Å². The number of nitrogens with one attached hydrogen (secondary N) is 1. The van der Waals surface area contributed by atoms with E-state index >= 15 is 0 Å². The van der Waals surface area contributed by atoms with E-state index in [4.69, 9.17) is 0 Å². The molecule has 1 fully saturated rings. The lowest BCUT2D eigenvalue weighted by Crippen LogP contribution is -2.10. The summed E-state index contributed by atoms with van der Waals surface area (Å²) in [7, 11) is 1.31. The number of ether oxygens (including phenoxy) is 1. The number of imidazole rings is 1. The fourth-order valence-electron chi connectivity index (χ4n) is 3.26. The molecule has 9 nitrogen and oxygen atoms in total. The molecule has 1 saturated carbocycles. The first-order chi connectivity index (χ1) is 14.1. The van der Waals surface area contributed by atoms with Crippen LogP contribution in [0.25, 0.3) is 10.5 Å². The molecule has 1 atom stereocenters. The Morgan fingerprint density at radius 1 is 1.34 bits per heavy atom. The zero-order chi connectivity index (χ0) is 20.0. The summed E-state index contributed by atoms with van der Waals surface area (Å²) in [5, 5.41) is 22.0. The Bertz CT molecular complexity index is 1170. The summed E-state index contributed by atoms with van der Waals surface area (Å²) in [5.41, 5.74) is 2.66. The number of fused-ring (bicyclic) bond motifs is 1. The number of amides is 1. The Morgan fingerprint density at radius 2 is 2.14 bits per heavy atom. The number of carbonyl (C=O) groups is 1. The number of hydrogen-bond donors (Lipinski definition) is 2. The molecule has 0 bridgehead atoms. The lowest BCUT2D eigenvalue weighted by molar-refractivity contribution is 0.187. The molecule has 1 aliphatic rings. The molecule has 5 rings (SSSR count). The van der Waals surface area contributed by atoms with Crippen molar-refractivity contribution >= 4 is 27.9 Å². The minimum Gasteiger partial charge on any atom is -0.453 e. The van der Waals surface area contributed by atoms with Crippen LogP contribution in [0.5, 0.6) is 0 Å². The van der Waals surface area contributed by atoms with Gasteiger partial charge in [-0.2, -0.15) is 0 Å². The van der Waals surface area contributed by atoms with Crippen molar-refractivity contribution in [3.05, 3.63) is 59.3 Å². The molecule has 10 heteroatoms. The van der Waals surface area contributed by atoms with Gasteiger partial charge in [0.05, 0.1) is 30.9 Å². The molecule has 0 radical (unpaired) electrons. The third-order valence-corrected chi connectivity index (χ3v) is 6.17. The Kier molecular flexibility index (Phi) is 4.29. The van der Waals surface area contributed by atoms with Gasteiger partial charge in [0.15, 0.2) is 0 Å². The first kappa shape index (κ1) is 17.8. The fourth-order valence-corrected chi connectivity index (χ4v) is 4.56. The van der Waals surface area contributed by atoms with Gasteiger partial charge in [-0.15, -0.1) is 16.4 Å². The SMILES string of the molecule is COC(=O)Nc1ccc(-n2cc(C(O)c3c(C4CC4)sc4cncn34)nn2)cc1. The summed E-state index contributed by atoms with van der Waals surface area (Å²) in [6.07, 6.45) is 6.14. The summed E-state index contributed by atoms with van der Waals surface area (Å²) in [6.45, 7) is 0. The number of aromatic nitrogens is 5. The molecule has 2 N–H and O–H groups in total. The molecule has 4 aromatic rings. The second-order valence-corrected chi connectivity index (χ2v) is 7.94. The van der Waals surface area contributed by atoms with Gasteiger partial charge >= 0.3 is 6.09 Å². The predicted octanol–water partition coefficient (Wildman–Crippen LogP) is 3.11. The lowest BCUT2D eigenvalue weighted by atomic mass is 10.1. The van der Waals surface area contributed by atoms with E-state index in [0.717, 1.165) is 29.1 Å². The van der Waals surface area contributed by atoms with Crippen LogP contribution in [0, 0.1) is 0 Å². The maximum absolute atomic E-state index is 11.3. The van der Waals surface area contributed by atoms with E-state index in [1.165, 1.54) is 12.0 Å². The van der Waals surface area contributed by atoms with Crippen LogP contribution in [0.1, 0.15) is 41.1 Å². The number of benzene rings is 1. The van der Waals surface area contributed by atoms with E-state index < -0.39 is 12.2 Å². The third kappa shape index (κ3) is 3.26. The smallest absolute Gasteiger partial charge is 0.411 e. The molecule has 0 spiro atoms. The molecule has 1 amide bonds. The van der Waals surface area contributed by atoms with Gasteiger partial charge in [0, 0.05) is 10.6 Å². The number of aliphatic hydroxyl groups is 1. The summed E-state index contributed by atoms with van der Waals surface area (Å²) >= 11 is 1.68. The van der Waals surface area contributed by atoms with Crippen molar-refractivity contribution in [2.75, 3.05) is 12.4 Å². The highest BCUT2D eigenvalue weighted by atomic mass is 32.1. The molecular weight excluding hydrogens is 392 g/mol. The molecule has 1 unspecified atom stereocenters. The topological polar surface area (TPSA) is 107 Å². The van der Waals surface area contributed by atoms with Gasteiger partial charge in [-0.1, -0.05) is 5.21 Å². The van der Waals surface area contributed by atoms with Gasteiger partial charge in [-0.05, 0) is 43.0 Å². The number of methoxy groups -OCH3 is 1. The highest BCUT2D eigenvalue weighted by Gasteiger charge is 2.33. The second-order valence-electron chi connectivity index (χ2n) is 6.88. The molecule has 1 aromatic carbocycles. The quantitative estimate of drug-likeness (QED) is 0.524. The highest BCUT2D eigenvalue weighted by molar-refractivity contribution is 7.17. The Balaban J connectivity index is 1.42. The maximum Gasteiger partial charge on any atom is 0.411 e. The van der Waals surface area contributed by atoms with Gasteiger partial charge in [0.2, 0.25) is 0 Å². The monoisotopic (exact) mass is 410 g/mol. The van der Waals surface area contributed by atoms with E-state index in [1.807, 2.05) is 10.6 Å². The van der Waals surface area contributed by atoms with E-state index in [0.29, 0.717) is 17.3 Å². The maximum atomic E-state index is 11.3. The Labute approximate surface area is 169 Å². The van der Waals surface area contributed by atoms with Crippen molar-refractivity contribution in [3.63, 3.8) is 0 Å². The zero-order valence-corrected chi connectivity index (χ0v) is 16.3. The third-order valence-electron chi connectivity index (χ3n) is 4.89. The normalized spacial score (nSPS) is 14.8. The molecule has 29 heavy (non-hydrogen) atoms. The minimum absolute atomic E-state index is 0.470. The summed E-state index contributed by atoms with van der Waals surface area (Å²) in [5.74, 6) is 0.509. The first-order valence-electron chi connectivity index (χ1n) is 9.14. The molecule has 3 heterocycles. The number of nitrogens with zero attached hydrogens (tertiary/aromatic N) is 5. The van der Waals surface area contributed by atoms with E-state index in [1.54, 1.807) is 52.8 Å². The van der Waals surface area contributed by atoms with Gasteiger partial charge in [0.1, 0.15) is 23.0 Å². The Morgan fingerprint density at radius 3 is 2.86 bits per heavy atom. The molecule has 148 valence electrons. The van der Waals surface area contributed by atoms with Gasteiger partial charge in [0.25, 0.3) is 0 Å². The minimum atomic E-state index is -0.887. The number of carbonyl (C=O) groups excluding carboxylic acids is 1. The average molecular weight is 410 g/mol. The Hall–Kier alpha value is -3.24. The number of hydrogen-bond acceptors (Lipinski definition) is 7. The van der Waals surface area contributed by atoms with E-state index in [9.17, 15) is 9.90 Å². The average Bonchev–Trinajstić information content (AvgIpc) is 3.14. The van der Waals surface area contributed by atoms with Crippen LogP contribution in [-0.4, -0.2) is 42.7 Å². The van der Waals surface area contributed by atoms with Crippen LogP contribution >= 0.6 is 11.3 Å². The van der Waals surface area contributed by atoms with Gasteiger partial charge in [-0.3, -0.25) is 9.72 Å². The van der Waals surface area contributed by atoms with Crippen LogP contribution in [-0.2, 0) is 4.74 Å². The van der Waals surface area contributed by atoms with Crippen LogP contribution in [0.15, 0.2) is 43.0 Å². The van der Waals surface area contributed by atoms with Gasteiger partial charge in [-0.25, -0.2) is 14.5 Å². The second kappa shape index (κ2) is 6.98. The van der Waals surface area contributed by atoms with Crippen molar-refractivity contribution in [2.45, 2.75) is 24.9 Å². The van der Waals surface area contributed by atoms with Crippen LogP contribution < -0.4 is 5.32 Å². The lowest BCUT2D eigenvalue weighted by Gasteiger charge is -2.09. The molecule has 3 aromatic heterocycles. The van der Waals surface area contributed by atoms with Crippen LogP contribution in [0.3, 0.4) is 0 Å². The van der Waals surface area contributed by atoms with Gasteiger partial charge < -0.3 is 9.84 Å². The van der Waals surface area contributed by atoms with Crippen molar-refractivity contribution < 1.29 is 14.6 Å². The molecule has 1 aliphatic carbocycles. The van der Waals surface area contributed by atoms with Crippen molar-refractivity contribution in [1.29, 1.82) is 0 Å². The number of rotatable bonds is 5. The van der Waals surface area contributed by atoms with Crippen molar-refractivity contribution in [3.8, 4) is 5.69 Å². The zero-order valence-electron chi connectivity index (χ0n) is 15.5. The van der Waals surface area contributed by atoms with Crippen LogP contribution in [0.2, 0.25) is 0 Å².